The van der Waals surface area contributed by atoms with Crippen molar-refractivity contribution in [1.29, 1.82) is 0 Å². The molecular weight excluding hydrogens is 340 g/mol. The third-order valence-corrected chi connectivity index (χ3v) is 4.71. The van der Waals surface area contributed by atoms with Crippen molar-refractivity contribution in [2.24, 2.45) is 0 Å². The molecule has 4 rings (SSSR count). The smallest absolute Gasteiger partial charge is 0.290 e. The summed E-state index contributed by atoms with van der Waals surface area (Å²) in [6.45, 7) is 1.99. The first kappa shape index (κ1) is 16.2. The maximum Gasteiger partial charge on any atom is 0.290 e. The first-order valence-electron chi connectivity index (χ1n) is 8.15. The Hall–Kier alpha value is -2.31. The molecule has 0 saturated carbocycles. The predicted octanol–water partition coefficient (Wildman–Crippen LogP) is 3.04. The average Bonchev–Trinajstić information content (AvgIpc) is 3.19. The van der Waals surface area contributed by atoms with Gasteiger partial charge in [0.1, 0.15) is 5.58 Å². The van der Waals surface area contributed by atoms with E-state index in [2.05, 4.69) is 14.5 Å². The number of fused-ring (bicyclic) bond motifs is 2. The number of likely N-dealkylation sites (N-methyl/N-ethyl adjacent to an activating group) is 1. The van der Waals surface area contributed by atoms with Crippen molar-refractivity contribution in [3.05, 3.63) is 53.3 Å². The Morgan fingerprint density at radius 3 is 3.04 bits per heavy atom. The number of carbonyl (C=O) groups is 1. The second kappa shape index (κ2) is 6.20. The van der Waals surface area contributed by atoms with Crippen molar-refractivity contribution < 1.29 is 9.21 Å². The van der Waals surface area contributed by atoms with Crippen molar-refractivity contribution in [2.75, 3.05) is 27.2 Å². The molecule has 1 aliphatic rings. The lowest BCUT2D eigenvalue weighted by molar-refractivity contribution is 0.0634. The highest BCUT2D eigenvalue weighted by molar-refractivity contribution is 6.31. The molecule has 0 radical (unpaired) electrons. The van der Waals surface area contributed by atoms with Gasteiger partial charge in [-0.1, -0.05) is 11.6 Å². The number of amides is 1. The number of carbonyl (C=O) groups excluding carboxylic acids is 1. The van der Waals surface area contributed by atoms with E-state index >= 15 is 0 Å². The van der Waals surface area contributed by atoms with Crippen LogP contribution < -0.4 is 0 Å². The Bertz CT molecular complexity index is 930. The largest absolute Gasteiger partial charge is 0.451 e. The van der Waals surface area contributed by atoms with Gasteiger partial charge in [0.05, 0.1) is 24.6 Å². The SMILES string of the molecule is CN(C)C[C@H]1CN(C(=O)c2cc3cc(Cl)ccc3o2)Cc2cncn21. The Balaban J connectivity index is 1.63. The van der Waals surface area contributed by atoms with Gasteiger partial charge in [-0.3, -0.25) is 4.79 Å². The average molecular weight is 359 g/mol. The summed E-state index contributed by atoms with van der Waals surface area (Å²) in [5.41, 5.74) is 1.70. The van der Waals surface area contributed by atoms with Crippen molar-refractivity contribution in [1.82, 2.24) is 19.4 Å². The molecular formula is C18H19ClN4O2. The van der Waals surface area contributed by atoms with Gasteiger partial charge in [0.25, 0.3) is 5.91 Å². The number of furan rings is 1. The van der Waals surface area contributed by atoms with Gasteiger partial charge in [0.15, 0.2) is 5.76 Å². The molecule has 0 bridgehead atoms. The van der Waals surface area contributed by atoms with Gasteiger partial charge in [0.2, 0.25) is 0 Å². The van der Waals surface area contributed by atoms with Crippen LogP contribution in [0.3, 0.4) is 0 Å². The van der Waals surface area contributed by atoms with Crippen LogP contribution in [0.25, 0.3) is 11.0 Å². The van der Waals surface area contributed by atoms with Crippen molar-refractivity contribution in [3.8, 4) is 0 Å². The minimum Gasteiger partial charge on any atom is -0.451 e. The number of hydrogen-bond acceptors (Lipinski definition) is 4. The van der Waals surface area contributed by atoms with Gasteiger partial charge in [-0.25, -0.2) is 4.98 Å². The molecule has 130 valence electrons. The highest BCUT2D eigenvalue weighted by Gasteiger charge is 2.30. The number of rotatable bonds is 3. The molecule has 1 aliphatic heterocycles. The van der Waals surface area contributed by atoms with Crippen molar-refractivity contribution >= 4 is 28.5 Å². The fraction of sp³-hybridized carbons (Fsp3) is 0.333. The van der Waals surface area contributed by atoms with Gasteiger partial charge in [-0.05, 0) is 38.4 Å². The highest BCUT2D eigenvalue weighted by Crippen LogP contribution is 2.27. The van der Waals surface area contributed by atoms with Crippen molar-refractivity contribution in [3.63, 3.8) is 0 Å². The maximum absolute atomic E-state index is 13.0. The van der Waals surface area contributed by atoms with E-state index in [4.69, 9.17) is 16.0 Å². The Morgan fingerprint density at radius 1 is 1.40 bits per heavy atom. The van der Waals surface area contributed by atoms with Crippen LogP contribution in [-0.4, -0.2) is 52.4 Å². The Morgan fingerprint density at radius 2 is 2.24 bits per heavy atom. The summed E-state index contributed by atoms with van der Waals surface area (Å²) in [4.78, 5) is 21.2. The third-order valence-electron chi connectivity index (χ3n) is 4.48. The Labute approximate surface area is 150 Å². The van der Waals surface area contributed by atoms with E-state index in [0.717, 1.165) is 17.6 Å². The number of aromatic nitrogens is 2. The lowest BCUT2D eigenvalue weighted by Crippen LogP contribution is -2.43. The molecule has 3 aromatic rings. The van der Waals surface area contributed by atoms with Crippen LogP contribution in [0.1, 0.15) is 22.3 Å². The molecule has 3 heterocycles. The van der Waals surface area contributed by atoms with Gasteiger partial charge in [0, 0.05) is 29.7 Å². The van der Waals surface area contributed by atoms with Crippen LogP contribution in [0.4, 0.5) is 0 Å². The fourth-order valence-corrected chi connectivity index (χ4v) is 3.56. The molecule has 0 saturated heterocycles. The molecule has 1 amide bonds. The van der Waals surface area contributed by atoms with E-state index in [1.165, 1.54) is 0 Å². The quantitative estimate of drug-likeness (QED) is 0.722. The summed E-state index contributed by atoms with van der Waals surface area (Å²) in [6, 6.07) is 7.28. The second-order valence-corrected chi connectivity index (χ2v) is 7.12. The van der Waals surface area contributed by atoms with Crippen LogP contribution >= 0.6 is 11.6 Å². The van der Waals surface area contributed by atoms with Gasteiger partial charge in [-0.2, -0.15) is 0 Å². The summed E-state index contributed by atoms with van der Waals surface area (Å²) in [7, 11) is 4.06. The standard InChI is InChI=1S/C18H19ClN4O2/c1-21(2)8-15-10-22(9-14-7-20-11-23(14)15)18(24)17-6-12-5-13(19)3-4-16(12)25-17/h3-7,11,15H,8-10H2,1-2H3/t15-/m0/s1. The molecule has 7 heteroatoms. The monoisotopic (exact) mass is 358 g/mol. The normalized spacial score (nSPS) is 17.3. The zero-order chi connectivity index (χ0) is 17.6. The number of hydrogen-bond donors (Lipinski definition) is 0. The summed E-state index contributed by atoms with van der Waals surface area (Å²) in [6.07, 6.45) is 3.66. The molecule has 0 unspecified atom stereocenters. The van der Waals surface area contributed by atoms with Crippen LogP contribution in [0, 0.1) is 0 Å². The molecule has 0 N–H and O–H groups in total. The first-order chi connectivity index (χ1) is 12.0. The lowest BCUT2D eigenvalue weighted by Gasteiger charge is -2.35. The van der Waals surface area contributed by atoms with Gasteiger partial charge < -0.3 is 18.8 Å². The number of nitrogens with zero attached hydrogens (tertiary/aromatic N) is 4. The molecule has 1 aromatic carbocycles. The zero-order valence-corrected chi connectivity index (χ0v) is 14.9. The topological polar surface area (TPSA) is 54.5 Å². The maximum atomic E-state index is 13.0. The minimum absolute atomic E-state index is 0.108. The molecule has 6 nitrogen and oxygen atoms in total. The zero-order valence-electron chi connectivity index (χ0n) is 14.1. The van der Waals surface area contributed by atoms with Crippen LogP contribution in [0.5, 0.6) is 0 Å². The summed E-state index contributed by atoms with van der Waals surface area (Å²) in [5.74, 6) is 0.234. The first-order valence-corrected chi connectivity index (χ1v) is 8.53. The molecule has 25 heavy (non-hydrogen) atoms. The molecule has 0 spiro atoms. The number of benzene rings is 1. The van der Waals surface area contributed by atoms with E-state index in [1.54, 1.807) is 24.3 Å². The minimum atomic E-state index is -0.108. The van der Waals surface area contributed by atoms with E-state index in [0.29, 0.717) is 29.5 Å². The van der Waals surface area contributed by atoms with E-state index in [9.17, 15) is 4.79 Å². The number of imidazole rings is 1. The highest BCUT2D eigenvalue weighted by atomic mass is 35.5. The Kier molecular flexibility index (Phi) is 4.01. The van der Waals surface area contributed by atoms with E-state index in [1.807, 2.05) is 31.5 Å². The van der Waals surface area contributed by atoms with E-state index < -0.39 is 0 Å². The van der Waals surface area contributed by atoms with Crippen LogP contribution in [0.2, 0.25) is 5.02 Å². The van der Waals surface area contributed by atoms with Crippen molar-refractivity contribution in [2.45, 2.75) is 12.6 Å². The van der Waals surface area contributed by atoms with Gasteiger partial charge >= 0.3 is 0 Å². The second-order valence-electron chi connectivity index (χ2n) is 6.69. The summed E-state index contributed by atoms with van der Waals surface area (Å²) in [5, 5.41) is 1.46. The molecule has 2 aromatic heterocycles. The molecule has 1 atom stereocenters. The predicted molar refractivity (Wildman–Crippen MR) is 95.8 cm³/mol. The number of halogens is 1. The lowest BCUT2D eigenvalue weighted by atomic mass is 10.1. The third kappa shape index (κ3) is 3.03. The molecule has 0 aliphatic carbocycles. The van der Waals surface area contributed by atoms with Crippen LogP contribution in [0.15, 0.2) is 41.2 Å². The van der Waals surface area contributed by atoms with E-state index in [-0.39, 0.29) is 11.9 Å². The fourth-order valence-electron chi connectivity index (χ4n) is 3.38. The summed E-state index contributed by atoms with van der Waals surface area (Å²) >= 11 is 6.02. The van der Waals surface area contributed by atoms with Gasteiger partial charge in [-0.15, -0.1) is 0 Å². The molecule has 0 fully saturated rings. The van der Waals surface area contributed by atoms with Crippen LogP contribution in [-0.2, 0) is 6.54 Å². The summed E-state index contributed by atoms with van der Waals surface area (Å²) < 4.78 is 7.90.